The van der Waals surface area contributed by atoms with Crippen molar-refractivity contribution >= 4 is 5.78 Å². The maximum atomic E-state index is 11.9. The van der Waals surface area contributed by atoms with Crippen LogP contribution in [0.15, 0.2) is 0 Å². The van der Waals surface area contributed by atoms with Gasteiger partial charge in [0, 0.05) is 5.41 Å². The zero-order valence-electron chi connectivity index (χ0n) is 11.5. The molecule has 1 nitrogen and oxygen atoms in total. The Morgan fingerprint density at radius 1 is 1.00 bits per heavy atom. The van der Waals surface area contributed by atoms with E-state index in [2.05, 4.69) is 27.7 Å². The van der Waals surface area contributed by atoms with Crippen molar-refractivity contribution in [2.75, 3.05) is 0 Å². The Hall–Kier alpha value is -0.330. The van der Waals surface area contributed by atoms with E-state index < -0.39 is 0 Å². The lowest BCUT2D eigenvalue weighted by Crippen LogP contribution is -2.47. The second kappa shape index (κ2) is 3.34. The molecule has 2 fully saturated rings. The molecule has 0 heterocycles. The SMILES string of the molecule is CC(=O)C1(C)CC2CC(C)(C)CC(C)(C2)C1. The van der Waals surface area contributed by atoms with Crippen molar-refractivity contribution in [2.45, 2.75) is 66.7 Å². The third kappa shape index (κ3) is 2.06. The lowest BCUT2D eigenvalue weighted by atomic mass is 9.49. The Bertz CT molecular complexity index is 315. The molecule has 0 saturated heterocycles. The Kier molecular flexibility index (Phi) is 2.53. The van der Waals surface area contributed by atoms with Crippen LogP contribution in [-0.4, -0.2) is 5.78 Å². The van der Waals surface area contributed by atoms with Gasteiger partial charge < -0.3 is 0 Å². The summed E-state index contributed by atoms with van der Waals surface area (Å²) in [6.07, 6.45) is 6.18. The smallest absolute Gasteiger partial charge is 0.135 e. The predicted molar refractivity (Wildman–Crippen MR) is 67.3 cm³/mol. The third-order valence-corrected chi connectivity index (χ3v) is 4.93. The van der Waals surface area contributed by atoms with Crippen LogP contribution in [0.3, 0.4) is 0 Å². The largest absolute Gasteiger partial charge is 0.299 e. The Labute approximate surface area is 100.0 Å². The van der Waals surface area contributed by atoms with Crippen LogP contribution >= 0.6 is 0 Å². The van der Waals surface area contributed by atoms with Crippen LogP contribution in [0.1, 0.15) is 66.7 Å². The summed E-state index contributed by atoms with van der Waals surface area (Å²) >= 11 is 0. The number of hydrogen-bond donors (Lipinski definition) is 0. The van der Waals surface area contributed by atoms with Gasteiger partial charge in [-0.3, -0.25) is 4.79 Å². The Balaban J connectivity index is 2.26. The summed E-state index contributed by atoms with van der Waals surface area (Å²) in [5, 5.41) is 0. The van der Waals surface area contributed by atoms with Gasteiger partial charge >= 0.3 is 0 Å². The van der Waals surface area contributed by atoms with Crippen molar-refractivity contribution in [1.82, 2.24) is 0 Å². The maximum Gasteiger partial charge on any atom is 0.135 e. The first-order valence-corrected chi connectivity index (χ1v) is 6.65. The minimum atomic E-state index is -0.0336. The molecule has 0 aliphatic heterocycles. The van der Waals surface area contributed by atoms with E-state index >= 15 is 0 Å². The molecule has 2 saturated carbocycles. The molecular weight excluding hydrogens is 196 g/mol. The summed E-state index contributed by atoms with van der Waals surface area (Å²) in [6, 6.07) is 0. The lowest BCUT2D eigenvalue weighted by Gasteiger charge is -2.55. The molecule has 2 rings (SSSR count). The van der Waals surface area contributed by atoms with E-state index in [0.717, 1.165) is 18.8 Å². The first-order chi connectivity index (χ1) is 7.14. The average molecular weight is 222 g/mol. The molecule has 0 radical (unpaired) electrons. The van der Waals surface area contributed by atoms with Crippen molar-refractivity contribution in [3.8, 4) is 0 Å². The summed E-state index contributed by atoms with van der Waals surface area (Å²) in [7, 11) is 0. The molecule has 2 bridgehead atoms. The molecule has 0 spiro atoms. The Morgan fingerprint density at radius 3 is 2.12 bits per heavy atom. The minimum absolute atomic E-state index is 0.0336. The standard InChI is InChI=1S/C15H26O/c1-11(16)15(5)8-12-6-13(2,3)9-14(4,7-12)10-15/h12H,6-10H2,1-5H3. The maximum absolute atomic E-state index is 11.9. The number of fused-ring (bicyclic) bond motifs is 2. The van der Waals surface area contributed by atoms with Crippen molar-refractivity contribution < 1.29 is 4.79 Å². The molecule has 3 unspecified atom stereocenters. The van der Waals surface area contributed by atoms with Crippen LogP contribution in [0.5, 0.6) is 0 Å². The fraction of sp³-hybridized carbons (Fsp3) is 0.933. The molecule has 3 atom stereocenters. The molecule has 1 heteroatoms. The van der Waals surface area contributed by atoms with Crippen molar-refractivity contribution in [2.24, 2.45) is 22.2 Å². The summed E-state index contributed by atoms with van der Waals surface area (Å²) < 4.78 is 0. The van der Waals surface area contributed by atoms with Gasteiger partial charge in [-0.25, -0.2) is 0 Å². The number of Topliss-reactive ketones (excluding diaryl/α,β-unsaturated/α-hetero) is 1. The van der Waals surface area contributed by atoms with Gasteiger partial charge in [-0.05, 0) is 55.8 Å². The van der Waals surface area contributed by atoms with Gasteiger partial charge in [-0.15, -0.1) is 0 Å². The summed E-state index contributed by atoms with van der Waals surface area (Å²) in [4.78, 5) is 11.9. The van der Waals surface area contributed by atoms with Crippen molar-refractivity contribution in [1.29, 1.82) is 0 Å². The summed E-state index contributed by atoms with van der Waals surface area (Å²) in [5.41, 5.74) is 0.856. The fourth-order valence-corrected chi connectivity index (χ4v) is 5.05. The van der Waals surface area contributed by atoms with E-state index in [1.165, 1.54) is 19.3 Å². The highest BCUT2D eigenvalue weighted by Crippen LogP contribution is 2.60. The molecule has 0 aromatic carbocycles. The molecular formula is C15H26O. The highest BCUT2D eigenvalue weighted by molar-refractivity contribution is 5.82. The van der Waals surface area contributed by atoms with E-state index in [0.29, 0.717) is 16.6 Å². The third-order valence-electron chi connectivity index (χ3n) is 4.93. The van der Waals surface area contributed by atoms with E-state index in [-0.39, 0.29) is 5.41 Å². The highest BCUT2D eigenvalue weighted by Gasteiger charge is 2.51. The average Bonchev–Trinajstić information content (AvgIpc) is 1.95. The van der Waals surface area contributed by atoms with Gasteiger partial charge in [0.15, 0.2) is 0 Å². The van der Waals surface area contributed by atoms with Crippen LogP contribution < -0.4 is 0 Å². The van der Waals surface area contributed by atoms with Crippen LogP contribution in [0.4, 0.5) is 0 Å². The molecule has 2 aliphatic carbocycles. The molecule has 16 heavy (non-hydrogen) atoms. The van der Waals surface area contributed by atoms with Crippen LogP contribution in [0.2, 0.25) is 0 Å². The van der Waals surface area contributed by atoms with Crippen LogP contribution in [0.25, 0.3) is 0 Å². The number of carbonyl (C=O) groups excluding carboxylic acids is 1. The predicted octanol–water partition coefficient (Wildman–Crippen LogP) is 4.21. The monoisotopic (exact) mass is 222 g/mol. The fourth-order valence-electron chi connectivity index (χ4n) is 5.05. The number of carbonyl (C=O) groups is 1. The molecule has 92 valence electrons. The van der Waals surface area contributed by atoms with Crippen LogP contribution in [-0.2, 0) is 4.79 Å². The van der Waals surface area contributed by atoms with Gasteiger partial charge in [0.2, 0.25) is 0 Å². The summed E-state index contributed by atoms with van der Waals surface area (Å²) in [5.74, 6) is 1.18. The second-order valence-corrected chi connectivity index (χ2v) is 7.92. The second-order valence-electron chi connectivity index (χ2n) is 7.92. The van der Waals surface area contributed by atoms with Gasteiger partial charge in [0.1, 0.15) is 5.78 Å². The Morgan fingerprint density at radius 2 is 1.62 bits per heavy atom. The zero-order chi connectivity index (χ0) is 12.2. The van der Waals surface area contributed by atoms with Gasteiger partial charge in [0.25, 0.3) is 0 Å². The number of ketones is 1. The minimum Gasteiger partial charge on any atom is -0.299 e. The quantitative estimate of drug-likeness (QED) is 0.649. The van der Waals surface area contributed by atoms with Gasteiger partial charge in [0.05, 0.1) is 0 Å². The molecule has 0 aromatic rings. The van der Waals surface area contributed by atoms with E-state index in [1.54, 1.807) is 6.92 Å². The van der Waals surface area contributed by atoms with Crippen molar-refractivity contribution in [3.63, 3.8) is 0 Å². The molecule has 0 aromatic heterocycles. The normalized spacial score (nSPS) is 46.4. The summed E-state index contributed by atoms with van der Waals surface area (Å²) in [6.45, 7) is 11.2. The molecule has 0 amide bonds. The van der Waals surface area contributed by atoms with Crippen LogP contribution in [0, 0.1) is 22.2 Å². The van der Waals surface area contributed by atoms with Gasteiger partial charge in [-0.1, -0.05) is 27.7 Å². The topological polar surface area (TPSA) is 17.1 Å². The first-order valence-electron chi connectivity index (χ1n) is 6.65. The van der Waals surface area contributed by atoms with E-state index in [9.17, 15) is 4.79 Å². The lowest BCUT2D eigenvalue weighted by molar-refractivity contribution is -0.136. The zero-order valence-corrected chi connectivity index (χ0v) is 11.5. The van der Waals surface area contributed by atoms with Crippen molar-refractivity contribution in [3.05, 3.63) is 0 Å². The number of hydrogen-bond acceptors (Lipinski definition) is 1. The highest BCUT2D eigenvalue weighted by atomic mass is 16.1. The van der Waals surface area contributed by atoms with E-state index in [4.69, 9.17) is 0 Å². The van der Waals surface area contributed by atoms with E-state index in [1.807, 2.05) is 0 Å². The van der Waals surface area contributed by atoms with Gasteiger partial charge in [-0.2, -0.15) is 0 Å². The first kappa shape index (κ1) is 12.1. The molecule has 0 N–H and O–H groups in total. The molecule has 2 aliphatic rings. The number of rotatable bonds is 1.